The molecule has 32 heavy (non-hydrogen) atoms. The van der Waals surface area contributed by atoms with Crippen LogP contribution < -0.4 is 10.2 Å². The van der Waals surface area contributed by atoms with E-state index in [0.29, 0.717) is 18.0 Å². The molecule has 0 amide bonds. The Morgan fingerprint density at radius 3 is 2.19 bits per heavy atom. The summed E-state index contributed by atoms with van der Waals surface area (Å²) < 4.78 is 41.6. The fourth-order valence-electron chi connectivity index (χ4n) is 3.50. The van der Waals surface area contributed by atoms with Crippen molar-refractivity contribution in [2.75, 3.05) is 10.2 Å². The van der Waals surface area contributed by atoms with Gasteiger partial charge in [0.25, 0.3) is 0 Å². The van der Waals surface area contributed by atoms with Crippen molar-refractivity contribution in [3.05, 3.63) is 71.9 Å². The number of para-hydroxylation sites is 1. The van der Waals surface area contributed by atoms with E-state index in [1.807, 2.05) is 44.2 Å². The molecule has 1 N–H and O–H groups in total. The van der Waals surface area contributed by atoms with Crippen LogP contribution in [0.1, 0.15) is 45.2 Å². The molecule has 2 aromatic carbocycles. The SMILES string of the molecule is CCC(C)N(c1ccccc1)c1nc(Nc2ccc(CC(C)C)cc2)ncc1C(F)(F)F. The van der Waals surface area contributed by atoms with Crippen LogP contribution in [-0.2, 0) is 12.6 Å². The molecule has 0 aliphatic carbocycles. The lowest BCUT2D eigenvalue weighted by molar-refractivity contribution is -0.137. The summed E-state index contributed by atoms with van der Waals surface area (Å²) in [5.41, 5.74) is 1.71. The van der Waals surface area contributed by atoms with Crippen LogP contribution in [0.25, 0.3) is 0 Å². The third-order valence-electron chi connectivity index (χ3n) is 5.22. The van der Waals surface area contributed by atoms with Crippen LogP contribution in [0.3, 0.4) is 0 Å². The van der Waals surface area contributed by atoms with Gasteiger partial charge in [-0.05, 0) is 55.5 Å². The maximum atomic E-state index is 13.9. The Kier molecular flexibility index (Phi) is 7.38. The number of nitrogens with one attached hydrogen (secondary N) is 1. The number of aromatic nitrogens is 2. The molecule has 1 heterocycles. The molecule has 4 nitrogen and oxygen atoms in total. The fraction of sp³-hybridized carbons (Fsp3) is 0.360. The Hall–Kier alpha value is -3.09. The third kappa shape index (κ3) is 5.78. The van der Waals surface area contributed by atoms with Gasteiger partial charge in [-0.15, -0.1) is 0 Å². The first-order chi connectivity index (χ1) is 15.2. The molecule has 3 aromatic rings. The van der Waals surface area contributed by atoms with Crippen molar-refractivity contribution >= 4 is 23.1 Å². The second-order valence-corrected chi connectivity index (χ2v) is 8.31. The average Bonchev–Trinajstić information content (AvgIpc) is 2.75. The quantitative estimate of drug-likeness (QED) is 0.395. The first-order valence-corrected chi connectivity index (χ1v) is 10.8. The van der Waals surface area contributed by atoms with Gasteiger partial charge in [-0.3, -0.25) is 0 Å². The van der Waals surface area contributed by atoms with Gasteiger partial charge >= 0.3 is 6.18 Å². The van der Waals surface area contributed by atoms with Crippen molar-refractivity contribution in [3.8, 4) is 0 Å². The standard InChI is InChI=1S/C25H29F3N4/c1-5-18(4)32(21-9-7-6-8-10-21)23-22(25(26,27)28)16-29-24(31-23)30-20-13-11-19(12-14-20)15-17(2)3/h6-14,16-18H,5,15H2,1-4H3,(H,29,30,31). The molecule has 1 atom stereocenters. The van der Waals surface area contributed by atoms with Crippen molar-refractivity contribution in [2.24, 2.45) is 5.92 Å². The lowest BCUT2D eigenvalue weighted by Gasteiger charge is -2.31. The van der Waals surface area contributed by atoms with Crippen LogP contribution in [0, 0.1) is 5.92 Å². The van der Waals surface area contributed by atoms with E-state index in [4.69, 9.17) is 0 Å². The maximum absolute atomic E-state index is 13.9. The summed E-state index contributed by atoms with van der Waals surface area (Å²) >= 11 is 0. The predicted molar refractivity (Wildman–Crippen MR) is 124 cm³/mol. The van der Waals surface area contributed by atoms with Crippen molar-refractivity contribution < 1.29 is 13.2 Å². The van der Waals surface area contributed by atoms with Gasteiger partial charge in [0.05, 0.1) is 0 Å². The molecular formula is C25H29F3N4. The molecule has 3 rings (SSSR count). The summed E-state index contributed by atoms with van der Waals surface area (Å²) in [6, 6.07) is 16.6. The van der Waals surface area contributed by atoms with Gasteiger partial charge in [-0.2, -0.15) is 18.2 Å². The number of hydrogen-bond donors (Lipinski definition) is 1. The maximum Gasteiger partial charge on any atom is 0.421 e. The third-order valence-corrected chi connectivity index (χ3v) is 5.22. The molecule has 7 heteroatoms. The predicted octanol–water partition coefficient (Wildman–Crippen LogP) is 7.37. The van der Waals surface area contributed by atoms with Gasteiger partial charge in [-0.25, -0.2) is 4.98 Å². The Morgan fingerprint density at radius 1 is 0.969 bits per heavy atom. The molecular weight excluding hydrogens is 413 g/mol. The molecule has 170 valence electrons. The molecule has 0 saturated carbocycles. The summed E-state index contributed by atoms with van der Waals surface area (Å²) in [5, 5.41) is 3.05. The Balaban J connectivity index is 2.01. The molecule has 0 radical (unpaired) electrons. The minimum atomic E-state index is -4.58. The minimum Gasteiger partial charge on any atom is -0.324 e. The van der Waals surface area contributed by atoms with Gasteiger partial charge < -0.3 is 10.2 Å². The van der Waals surface area contributed by atoms with E-state index in [9.17, 15) is 13.2 Å². The van der Waals surface area contributed by atoms with E-state index < -0.39 is 11.7 Å². The number of alkyl halides is 3. The van der Waals surface area contributed by atoms with Crippen molar-refractivity contribution in [1.82, 2.24) is 9.97 Å². The van der Waals surface area contributed by atoms with Crippen LogP contribution in [0.15, 0.2) is 60.8 Å². The van der Waals surface area contributed by atoms with Crippen molar-refractivity contribution in [3.63, 3.8) is 0 Å². The van der Waals surface area contributed by atoms with Gasteiger partial charge in [0.15, 0.2) is 5.82 Å². The highest BCUT2D eigenvalue weighted by Gasteiger charge is 2.38. The van der Waals surface area contributed by atoms with E-state index in [2.05, 4.69) is 29.1 Å². The van der Waals surface area contributed by atoms with Crippen LogP contribution in [0.5, 0.6) is 0 Å². The zero-order valence-corrected chi connectivity index (χ0v) is 18.8. The van der Waals surface area contributed by atoms with Crippen molar-refractivity contribution in [1.29, 1.82) is 0 Å². The van der Waals surface area contributed by atoms with Gasteiger partial charge in [0.1, 0.15) is 5.56 Å². The van der Waals surface area contributed by atoms with Crippen LogP contribution >= 0.6 is 0 Å². The molecule has 0 aliphatic rings. The summed E-state index contributed by atoms with van der Waals surface area (Å²) in [6.07, 6.45) is -2.11. The van der Waals surface area contributed by atoms with Crippen LogP contribution in [0.4, 0.5) is 36.3 Å². The monoisotopic (exact) mass is 442 g/mol. The number of nitrogens with zero attached hydrogens (tertiary/aromatic N) is 3. The number of benzene rings is 2. The molecule has 0 spiro atoms. The zero-order valence-electron chi connectivity index (χ0n) is 18.8. The van der Waals surface area contributed by atoms with Crippen LogP contribution in [0.2, 0.25) is 0 Å². The minimum absolute atomic E-state index is 0.119. The Labute approximate surface area is 187 Å². The van der Waals surface area contributed by atoms with Crippen molar-refractivity contribution in [2.45, 2.75) is 52.8 Å². The lowest BCUT2D eigenvalue weighted by atomic mass is 10.0. The summed E-state index contributed by atoms with van der Waals surface area (Å²) in [7, 11) is 0. The van der Waals surface area contributed by atoms with Gasteiger partial charge in [0.2, 0.25) is 5.95 Å². The highest BCUT2D eigenvalue weighted by atomic mass is 19.4. The second kappa shape index (κ2) is 10.0. The molecule has 0 bridgehead atoms. The smallest absolute Gasteiger partial charge is 0.324 e. The molecule has 0 saturated heterocycles. The normalized spacial score (nSPS) is 12.6. The van der Waals surface area contributed by atoms with E-state index in [1.54, 1.807) is 29.2 Å². The van der Waals surface area contributed by atoms with E-state index in [0.717, 1.165) is 18.3 Å². The van der Waals surface area contributed by atoms with Gasteiger partial charge in [-0.1, -0.05) is 51.1 Å². The highest BCUT2D eigenvalue weighted by molar-refractivity contribution is 5.66. The van der Waals surface area contributed by atoms with E-state index in [-0.39, 0.29) is 17.8 Å². The summed E-state index contributed by atoms with van der Waals surface area (Å²) in [4.78, 5) is 9.93. The topological polar surface area (TPSA) is 41.1 Å². The average molecular weight is 443 g/mol. The first-order valence-electron chi connectivity index (χ1n) is 10.8. The lowest BCUT2D eigenvalue weighted by Crippen LogP contribution is -2.31. The largest absolute Gasteiger partial charge is 0.421 e. The Morgan fingerprint density at radius 2 is 1.62 bits per heavy atom. The van der Waals surface area contributed by atoms with Gasteiger partial charge in [0, 0.05) is 23.6 Å². The number of anilines is 4. The second-order valence-electron chi connectivity index (χ2n) is 8.31. The molecule has 0 aliphatic heterocycles. The number of hydrogen-bond acceptors (Lipinski definition) is 4. The van der Waals surface area contributed by atoms with Crippen LogP contribution in [-0.4, -0.2) is 16.0 Å². The zero-order chi connectivity index (χ0) is 23.3. The fourth-order valence-corrected chi connectivity index (χ4v) is 3.50. The molecule has 1 unspecified atom stereocenters. The summed E-state index contributed by atoms with van der Waals surface area (Å²) in [6.45, 7) is 8.13. The Bertz CT molecular complexity index is 1000. The number of halogens is 3. The van der Waals surface area contributed by atoms with E-state index >= 15 is 0 Å². The molecule has 1 aromatic heterocycles. The highest BCUT2D eigenvalue weighted by Crippen LogP contribution is 2.39. The first kappa shape index (κ1) is 23.6. The van der Waals surface area contributed by atoms with E-state index in [1.165, 1.54) is 5.56 Å². The summed E-state index contributed by atoms with van der Waals surface area (Å²) in [5.74, 6) is 0.500. The molecule has 0 fully saturated rings. The number of rotatable bonds is 8.